The van der Waals surface area contributed by atoms with Crippen LogP contribution in [0.5, 0.6) is 5.75 Å². The Labute approximate surface area is 133 Å². The van der Waals surface area contributed by atoms with Gasteiger partial charge in [0.15, 0.2) is 5.82 Å². The van der Waals surface area contributed by atoms with E-state index in [1.165, 1.54) is 0 Å². The summed E-state index contributed by atoms with van der Waals surface area (Å²) in [7, 11) is 1.63. The van der Waals surface area contributed by atoms with Crippen LogP contribution in [0.15, 0.2) is 22.7 Å². The van der Waals surface area contributed by atoms with E-state index in [1.807, 2.05) is 25.1 Å². The normalized spacial score (nSPS) is 10.8. The number of aromatic nitrogens is 2. The first-order valence-electron chi connectivity index (χ1n) is 6.67. The molecule has 0 saturated carbocycles. The first kappa shape index (κ1) is 15.7. The number of hydrogen-bond acceptors (Lipinski definition) is 5. The van der Waals surface area contributed by atoms with Gasteiger partial charge in [-0.2, -0.15) is 0 Å². The van der Waals surface area contributed by atoms with Crippen LogP contribution in [-0.4, -0.2) is 17.1 Å². The number of rotatable bonds is 4. The fourth-order valence-corrected chi connectivity index (χ4v) is 2.86. The third kappa shape index (κ3) is 3.16. The number of hydrogen-bond donors (Lipinski definition) is 2. The quantitative estimate of drug-likeness (QED) is 0.650. The molecule has 0 saturated heterocycles. The van der Waals surface area contributed by atoms with Crippen molar-refractivity contribution in [1.82, 2.24) is 9.97 Å². The van der Waals surface area contributed by atoms with Crippen molar-refractivity contribution in [2.75, 3.05) is 12.5 Å². The summed E-state index contributed by atoms with van der Waals surface area (Å²) in [5.74, 6) is 7.98. The van der Waals surface area contributed by atoms with E-state index in [1.54, 1.807) is 7.11 Å². The molecule has 0 aliphatic rings. The summed E-state index contributed by atoms with van der Waals surface area (Å²) in [6.45, 7) is 6.16. The molecule has 2 aromatic rings. The number of nitrogen functional groups attached to an aromatic ring is 1. The predicted molar refractivity (Wildman–Crippen MR) is 88.4 cm³/mol. The van der Waals surface area contributed by atoms with Gasteiger partial charge in [-0.05, 0) is 47.0 Å². The van der Waals surface area contributed by atoms with Gasteiger partial charge in [0.1, 0.15) is 11.6 Å². The maximum atomic E-state index is 5.61. The fourth-order valence-electron chi connectivity index (χ4n) is 2.32. The summed E-state index contributed by atoms with van der Waals surface area (Å²) >= 11 is 3.48. The van der Waals surface area contributed by atoms with Crippen molar-refractivity contribution in [3.8, 4) is 17.1 Å². The van der Waals surface area contributed by atoms with Crippen molar-refractivity contribution in [2.45, 2.75) is 26.7 Å². The maximum Gasteiger partial charge on any atom is 0.161 e. The van der Waals surface area contributed by atoms with Crippen LogP contribution >= 0.6 is 15.9 Å². The summed E-state index contributed by atoms with van der Waals surface area (Å²) in [5.41, 5.74) is 5.54. The van der Waals surface area contributed by atoms with Gasteiger partial charge in [0.05, 0.1) is 11.6 Å². The second kappa shape index (κ2) is 6.41. The minimum atomic E-state index is 0.299. The molecule has 0 aliphatic heterocycles. The van der Waals surface area contributed by atoms with Crippen molar-refractivity contribution in [2.24, 2.45) is 5.84 Å². The number of nitrogens with one attached hydrogen (secondary N) is 1. The predicted octanol–water partition coefficient (Wildman–Crippen LogP) is 3.63. The number of halogens is 1. The summed E-state index contributed by atoms with van der Waals surface area (Å²) in [6.07, 6.45) is 0. The van der Waals surface area contributed by atoms with E-state index in [-0.39, 0.29) is 0 Å². The van der Waals surface area contributed by atoms with Crippen LogP contribution < -0.4 is 16.0 Å². The number of ether oxygens (including phenoxy) is 1. The topological polar surface area (TPSA) is 73.1 Å². The zero-order valence-corrected chi connectivity index (χ0v) is 14.2. The molecule has 0 amide bonds. The Morgan fingerprint density at radius 3 is 2.52 bits per heavy atom. The Morgan fingerprint density at radius 2 is 2.00 bits per heavy atom. The monoisotopic (exact) mass is 350 g/mol. The largest absolute Gasteiger partial charge is 0.496 e. The fraction of sp³-hybridized carbons (Fsp3) is 0.333. The zero-order chi connectivity index (χ0) is 15.6. The molecule has 21 heavy (non-hydrogen) atoms. The van der Waals surface area contributed by atoms with E-state index in [9.17, 15) is 0 Å². The minimum Gasteiger partial charge on any atom is -0.496 e. The number of nitrogens with zero attached hydrogens (tertiary/aromatic N) is 2. The lowest BCUT2D eigenvalue weighted by Gasteiger charge is -2.15. The summed E-state index contributed by atoms with van der Waals surface area (Å²) in [4.78, 5) is 9.13. The molecule has 0 unspecified atom stereocenters. The summed E-state index contributed by atoms with van der Waals surface area (Å²) < 4.78 is 6.10. The van der Waals surface area contributed by atoms with Gasteiger partial charge in [-0.1, -0.05) is 13.8 Å². The number of aryl methyl sites for hydroxylation is 1. The molecule has 3 N–H and O–H groups in total. The van der Waals surface area contributed by atoms with Crippen molar-refractivity contribution in [1.29, 1.82) is 0 Å². The molecule has 0 spiro atoms. The Balaban J connectivity index is 2.55. The third-order valence-corrected chi connectivity index (χ3v) is 3.88. The van der Waals surface area contributed by atoms with Gasteiger partial charge in [0.25, 0.3) is 0 Å². The molecule has 0 fully saturated rings. The van der Waals surface area contributed by atoms with Gasteiger partial charge in [-0.3, -0.25) is 0 Å². The van der Waals surface area contributed by atoms with E-state index in [0.717, 1.165) is 27.0 Å². The molecule has 1 heterocycles. The molecule has 1 aromatic carbocycles. The van der Waals surface area contributed by atoms with Crippen LogP contribution in [0.1, 0.15) is 31.0 Å². The van der Waals surface area contributed by atoms with Crippen LogP contribution in [-0.2, 0) is 0 Å². The molecular formula is C15H19BrN4O. The standard InChI is InChI=1S/C15H19BrN4O/c1-8(2)13-9(3)18-14(19-15(13)20-17)10-5-6-12(21-4)11(16)7-10/h5-8H,17H2,1-4H3,(H,18,19,20). The van der Waals surface area contributed by atoms with E-state index < -0.39 is 0 Å². The van der Waals surface area contributed by atoms with Crippen LogP contribution in [0.25, 0.3) is 11.4 Å². The SMILES string of the molecule is COc1ccc(-c2nc(C)c(C(C)C)c(NN)n2)cc1Br. The smallest absolute Gasteiger partial charge is 0.161 e. The number of anilines is 1. The van der Waals surface area contributed by atoms with E-state index in [4.69, 9.17) is 10.6 Å². The van der Waals surface area contributed by atoms with Gasteiger partial charge in [-0.25, -0.2) is 15.8 Å². The van der Waals surface area contributed by atoms with Crippen LogP contribution in [0.2, 0.25) is 0 Å². The lowest BCUT2D eigenvalue weighted by molar-refractivity contribution is 0.412. The molecule has 5 nitrogen and oxygen atoms in total. The Morgan fingerprint density at radius 1 is 1.29 bits per heavy atom. The van der Waals surface area contributed by atoms with Crippen molar-refractivity contribution >= 4 is 21.7 Å². The highest BCUT2D eigenvalue weighted by atomic mass is 79.9. The van der Waals surface area contributed by atoms with Crippen molar-refractivity contribution in [3.63, 3.8) is 0 Å². The van der Waals surface area contributed by atoms with Gasteiger partial charge in [0.2, 0.25) is 0 Å². The Hall–Kier alpha value is -1.66. The first-order valence-corrected chi connectivity index (χ1v) is 7.46. The summed E-state index contributed by atoms with van der Waals surface area (Å²) in [6, 6.07) is 5.74. The van der Waals surface area contributed by atoms with E-state index in [0.29, 0.717) is 17.6 Å². The number of nitrogens with two attached hydrogens (primary N) is 1. The Bertz CT molecular complexity index is 658. The van der Waals surface area contributed by atoms with E-state index in [2.05, 4.69) is 45.2 Å². The number of benzene rings is 1. The Kier molecular flexibility index (Phi) is 4.80. The molecule has 0 bridgehead atoms. The van der Waals surface area contributed by atoms with Gasteiger partial charge in [-0.15, -0.1) is 0 Å². The molecule has 112 valence electrons. The lowest BCUT2D eigenvalue weighted by atomic mass is 10.0. The molecule has 2 rings (SSSR count). The average Bonchev–Trinajstić information content (AvgIpc) is 2.45. The van der Waals surface area contributed by atoms with Crippen molar-refractivity contribution < 1.29 is 4.74 Å². The molecule has 1 aromatic heterocycles. The highest BCUT2D eigenvalue weighted by Crippen LogP contribution is 2.31. The molecule has 0 atom stereocenters. The van der Waals surface area contributed by atoms with Crippen molar-refractivity contribution in [3.05, 3.63) is 33.9 Å². The minimum absolute atomic E-state index is 0.299. The van der Waals surface area contributed by atoms with Crippen LogP contribution in [0.4, 0.5) is 5.82 Å². The molecular weight excluding hydrogens is 332 g/mol. The van der Waals surface area contributed by atoms with Gasteiger partial charge < -0.3 is 10.2 Å². The van der Waals surface area contributed by atoms with Gasteiger partial charge >= 0.3 is 0 Å². The zero-order valence-electron chi connectivity index (χ0n) is 12.6. The first-order chi connectivity index (χ1) is 9.97. The highest BCUT2D eigenvalue weighted by molar-refractivity contribution is 9.10. The van der Waals surface area contributed by atoms with E-state index >= 15 is 0 Å². The lowest BCUT2D eigenvalue weighted by Crippen LogP contribution is -2.14. The number of hydrazine groups is 1. The van der Waals surface area contributed by atoms with Gasteiger partial charge in [0, 0.05) is 16.8 Å². The second-order valence-corrected chi connectivity index (χ2v) is 5.90. The summed E-state index contributed by atoms with van der Waals surface area (Å²) in [5, 5.41) is 0. The number of methoxy groups -OCH3 is 1. The third-order valence-electron chi connectivity index (χ3n) is 3.26. The highest BCUT2D eigenvalue weighted by Gasteiger charge is 2.15. The maximum absolute atomic E-state index is 5.61. The molecule has 0 radical (unpaired) electrons. The molecule has 6 heteroatoms. The second-order valence-electron chi connectivity index (χ2n) is 5.04. The van der Waals surface area contributed by atoms with Crippen LogP contribution in [0.3, 0.4) is 0 Å². The average molecular weight is 351 g/mol. The van der Waals surface area contributed by atoms with Crippen LogP contribution in [0, 0.1) is 6.92 Å². The molecule has 0 aliphatic carbocycles.